The number of urea groups is 1. The third-order valence-corrected chi connectivity index (χ3v) is 6.20. The van der Waals surface area contributed by atoms with Crippen molar-refractivity contribution in [2.75, 3.05) is 106 Å². The molecule has 16 nitrogen and oxygen atoms in total. The SMILES string of the molecule is CC(C)(C)CCNC(=O)NCCOCCOCCOCCOCCOCCOCCOCCn1cc(CN2C(=O)C=CC2=O)nn1. The Kier molecular flexibility index (Phi) is 20.6. The minimum Gasteiger partial charge on any atom is -0.377 e. The molecule has 0 atom stereocenters. The van der Waals surface area contributed by atoms with Crippen molar-refractivity contribution in [2.45, 2.75) is 40.3 Å². The Labute approximate surface area is 271 Å². The normalized spacial score (nSPS) is 13.2. The van der Waals surface area contributed by atoms with Gasteiger partial charge in [0.05, 0.1) is 112 Å². The summed E-state index contributed by atoms with van der Waals surface area (Å²) in [6.07, 6.45) is 5.09. The molecule has 4 amide bonds. The number of carbonyl (C=O) groups excluding carboxylic acids is 3. The molecule has 2 rings (SSSR count). The van der Waals surface area contributed by atoms with Gasteiger partial charge in [0.1, 0.15) is 5.69 Å². The summed E-state index contributed by atoms with van der Waals surface area (Å²) in [5.74, 6) is -0.699. The highest BCUT2D eigenvalue weighted by molar-refractivity contribution is 6.12. The Morgan fingerprint density at radius 2 is 1.11 bits per heavy atom. The van der Waals surface area contributed by atoms with Crippen molar-refractivity contribution >= 4 is 17.8 Å². The van der Waals surface area contributed by atoms with Gasteiger partial charge in [0, 0.05) is 25.2 Å². The standard InChI is InChI=1S/C30H52N6O10/c1-30(2,3)6-7-31-29(39)32-8-10-40-12-14-42-16-18-44-20-22-46-23-21-45-19-17-43-15-13-41-11-9-35-24-26(33-34-35)25-36-27(37)4-5-28(36)38/h4-5,24H,6-23,25H2,1-3H3,(H2,31,32,39). The van der Waals surface area contributed by atoms with E-state index in [0.29, 0.717) is 118 Å². The minimum atomic E-state index is -0.350. The van der Waals surface area contributed by atoms with Gasteiger partial charge in [0.25, 0.3) is 11.8 Å². The summed E-state index contributed by atoms with van der Waals surface area (Å²) >= 11 is 0. The molecule has 1 aromatic rings. The molecule has 0 radical (unpaired) electrons. The van der Waals surface area contributed by atoms with Gasteiger partial charge in [-0.15, -0.1) is 5.10 Å². The van der Waals surface area contributed by atoms with Crippen LogP contribution in [0.15, 0.2) is 18.3 Å². The fourth-order valence-corrected chi connectivity index (χ4v) is 3.70. The molecule has 1 aliphatic heterocycles. The van der Waals surface area contributed by atoms with Crippen LogP contribution < -0.4 is 10.6 Å². The van der Waals surface area contributed by atoms with E-state index in [9.17, 15) is 14.4 Å². The van der Waals surface area contributed by atoms with E-state index in [1.54, 1.807) is 10.9 Å². The predicted octanol–water partition coefficient (Wildman–Crippen LogP) is 0.555. The van der Waals surface area contributed by atoms with Crippen LogP contribution in [0.3, 0.4) is 0 Å². The third kappa shape index (κ3) is 20.2. The Morgan fingerprint density at radius 3 is 1.59 bits per heavy atom. The zero-order valence-electron chi connectivity index (χ0n) is 27.5. The van der Waals surface area contributed by atoms with Crippen molar-refractivity contribution in [3.8, 4) is 0 Å². The van der Waals surface area contributed by atoms with Crippen LogP contribution in [0, 0.1) is 5.41 Å². The molecule has 0 bridgehead atoms. The maximum absolute atomic E-state index is 11.7. The number of hydrogen-bond acceptors (Lipinski definition) is 12. The lowest BCUT2D eigenvalue weighted by atomic mass is 9.92. The van der Waals surface area contributed by atoms with E-state index in [-0.39, 0.29) is 29.8 Å². The molecular formula is C30H52N6O10. The molecule has 2 heterocycles. The van der Waals surface area contributed by atoms with E-state index in [2.05, 4.69) is 41.7 Å². The first-order valence-electron chi connectivity index (χ1n) is 15.7. The van der Waals surface area contributed by atoms with Gasteiger partial charge in [-0.25, -0.2) is 9.48 Å². The number of nitrogens with zero attached hydrogens (tertiary/aromatic N) is 4. The minimum absolute atomic E-state index is 0.0960. The number of aromatic nitrogens is 3. The molecule has 0 fully saturated rings. The van der Waals surface area contributed by atoms with Gasteiger partial charge < -0.3 is 43.8 Å². The fraction of sp³-hybridized carbons (Fsp3) is 0.767. The maximum atomic E-state index is 11.7. The van der Waals surface area contributed by atoms with Crippen molar-refractivity contribution in [1.82, 2.24) is 30.5 Å². The average molecular weight is 657 g/mol. The van der Waals surface area contributed by atoms with Gasteiger partial charge in [-0.05, 0) is 11.8 Å². The first kappa shape index (κ1) is 39.2. The predicted molar refractivity (Wildman–Crippen MR) is 166 cm³/mol. The van der Waals surface area contributed by atoms with E-state index >= 15 is 0 Å². The zero-order valence-corrected chi connectivity index (χ0v) is 27.5. The summed E-state index contributed by atoms with van der Waals surface area (Å²) in [7, 11) is 0. The molecule has 46 heavy (non-hydrogen) atoms. The molecule has 262 valence electrons. The largest absolute Gasteiger partial charge is 0.377 e. The molecule has 0 saturated carbocycles. The summed E-state index contributed by atoms with van der Waals surface area (Å²) in [5, 5.41) is 13.6. The third-order valence-electron chi connectivity index (χ3n) is 6.20. The number of rotatable bonds is 28. The Balaban J connectivity index is 1.23. The van der Waals surface area contributed by atoms with Crippen molar-refractivity contribution in [3.05, 3.63) is 24.0 Å². The average Bonchev–Trinajstić information content (AvgIpc) is 3.60. The number of carbonyl (C=O) groups is 3. The van der Waals surface area contributed by atoms with E-state index in [1.165, 1.54) is 12.2 Å². The van der Waals surface area contributed by atoms with Crippen molar-refractivity contribution in [2.24, 2.45) is 5.41 Å². The number of ether oxygens (including phenoxy) is 7. The number of imide groups is 1. The van der Waals surface area contributed by atoms with Crippen LogP contribution in [0.1, 0.15) is 32.9 Å². The van der Waals surface area contributed by atoms with Crippen molar-refractivity contribution in [1.29, 1.82) is 0 Å². The molecule has 2 N–H and O–H groups in total. The highest BCUT2D eigenvalue weighted by atomic mass is 16.6. The van der Waals surface area contributed by atoms with E-state index in [4.69, 9.17) is 33.2 Å². The lowest BCUT2D eigenvalue weighted by Crippen LogP contribution is -2.38. The number of amides is 4. The smallest absolute Gasteiger partial charge is 0.314 e. The van der Waals surface area contributed by atoms with Gasteiger partial charge in [-0.3, -0.25) is 14.5 Å². The molecule has 0 saturated heterocycles. The summed E-state index contributed by atoms with van der Waals surface area (Å²) in [6, 6.07) is -0.176. The molecule has 1 aromatic heterocycles. The molecule has 1 aliphatic rings. The summed E-state index contributed by atoms with van der Waals surface area (Å²) in [5.41, 5.74) is 0.728. The van der Waals surface area contributed by atoms with Gasteiger partial charge in [-0.2, -0.15) is 0 Å². The van der Waals surface area contributed by atoms with E-state index in [0.717, 1.165) is 11.3 Å². The maximum Gasteiger partial charge on any atom is 0.314 e. The van der Waals surface area contributed by atoms with Crippen LogP contribution in [0.5, 0.6) is 0 Å². The molecule has 0 aromatic carbocycles. The summed E-state index contributed by atoms with van der Waals surface area (Å²) in [4.78, 5) is 36.0. The zero-order chi connectivity index (χ0) is 33.3. The first-order valence-corrected chi connectivity index (χ1v) is 15.7. The highest BCUT2D eigenvalue weighted by Crippen LogP contribution is 2.16. The number of nitrogens with one attached hydrogen (secondary N) is 2. The van der Waals surface area contributed by atoms with Crippen molar-refractivity contribution < 1.29 is 47.5 Å². The van der Waals surface area contributed by atoms with E-state index < -0.39 is 0 Å². The molecule has 0 spiro atoms. The second-order valence-electron chi connectivity index (χ2n) is 11.3. The quantitative estimate of drug-likeness (QED) is 0.0949. The Hall–Kier alpha value is -2.99. The lowest BCUT2D eigenvalue weighted by molar-refractivity contribution is -0.137. The Morgan fingerprint density at radius 1 is 0.674 bits per heavy atom. The second-order valence-corrected chi connectivity index (χ2v) is 11.3. The van der Waals surface area contributed by atoms with Crippen LogP contribution in [-0.4, -0.2) is 143 Å². The van der Waals surface area contributed by atoms with Crippen molar-refractivity contribution in [3.63, 3.8) is 0 Å². The summed E-state index contributed by atoms with van der Waals surface area (Å²) < 4.78 is 39.9. The molecular weight excluding hydrogens is 604 g/mol. The summed E-state index contributed by atoms with van der Waals surface area (Å²) in [6.45, 7) is 14.5. The lowest BCUT2D eigenvalue weighted by Gasteiger charge is -2.18. The molecule has 16 heteroatoms. The van der Waals surface area contributed by atoms with Gasteiger partial charge in [0.2, 0.25) is 0 Å². The van der Waals surface area contributed by atoms with Gasteiger partial charge in [0.15, 0.2) is 0 Å². The van der Waals surface area contributed by atoms with Crippen LogP contribution in [0.2, 0.25) is 0 Å². The molecule has 0 unspecified atom stereocenters. The van der Waals surface area contributed by atoms with E-state index in [1.807, 2.05) is 0 Å². The van der Waals surface area contributed by atoms with Crippen LogP contribution in [-0.2, 0) is 55.8 Å². The van der Waals surface area contributed by atoms with Gasteiger partial charge in [-0.1, -0.05) is 26.0 Å². The van der Waals surface area contributed by atoms with Crippen LogP contribution in [0.4, 0.5) is 4.79 Å². The monoisotopic (exact) mass is 656 g/mol. The topological polar surface area (TPSA) is 174 Å². The second kappa shape index (κ2) is 24.2. The fourth-order valence-electron chi connectivity index (χ4n) is 3.70. The van der Waals surface area contributed by atoms with Crippen LogP contribution in [0.25, 0.3) is 0 Å². The number of hydrogen-bond donors (Lipinski definition) is 2. The Bertz CT molecular complexity index is 999. The van der Waals surface area contributed by atoms with Crippen LogP contribution >= 0.6 is 0 Å². The van der Waals surface area contributed by atoms with Gasteiger partial charge >= 0.3 is 6.03 Å². The highest BCUT2D eigenvalue weighted by Gasteiger charge is 2.24. The first-order chi connectivity index (χ1) is 22.2. The molecule has 0 aliphatic carbocycles.